The first kappa shape index (κ1) is 15.7. The Hall–Kier alpha value is -1.69. The standard InChI is InChI=1S/C15H21F2N3O/c16-11-4-5-13(12(17)8-11)20-14(21)19-10-15(9-18)6-2-1-3-7-15/h4-5,8H,1-3,6-7,9-10,18H2,(H2,19,20,21). The monoisotopic (exact) mass is 297 g/mol. The molecular weight excluding hydrogens is 276 g/mol. The molecule has 21 heavy (non-hydrogen) atoms. The highest BCUT2D eigenvalue weighted by atomic mass is 19.1. The summed E-state index contributed by atoms with van der Waals surface area (Å²) in [6.07, 6.45) is 5.43. The quantitative estimate of drug-likeness (QED) is 0.799. The van der Waals surface area contributed by atoms with Crippen LogP contribution in [0, 0.1) is 17.0 Å². The molecule has 1 saturated carbocycles. The first-order chi connectivity index (χ1) is 10.0. The van der Waals surface area contributed by atoms with E-state index in [1.54, 1.807) is 0 Å². The van der Waals surface area contributed by atoms with Crippen molar-refractivity contribution < 1.29 is 13.6 Å². The van der Waals surface area contributed by atoms with E-state index in [4.69, 9.17) is 5.73 Å². The van der Waals surface area contributed by atoms with Gasteiger partial charge in [0, 0.05) is 18.0 Å². The number of amides is 2. The Kier molecular flexibility index (Phi) is 5.12. The van der Waals surface area contributed by atoms with E-state index >= 15 is 0 Å². The van der Waals surface area contributed by atoms with Gasteiger partial charge in [-0.1, -0.05) is 19.3 Å². The van der Waals surface area contributed by atoms with Crippen LogP contribution in [0.25, 0.3) is 0 Å². The Balaban J connectivity index is 1.89. The summed E-state index contributed by atoms with van der Waals surface area (Å²) in [5.41, 5.74) is 5.74. The summed E-state index contributed by atoms with van der Waals surface area (Å²) in [5.74, 6) is -1.47. The number of benzene rings is 1. The second-order valence-corrected chi connectivity index (χ2v) is 5.70. The molecule has 1 aromatic rings. The molecule has 4 nitrogen and oxygen atoms in total. The van der Waals surface area contributed by atoms with E-state index in [2.05, 4.69) is 10.6 Å². The summed E-state index contributed by atoms with van der Waals surface area (Å²) in [6.45, 7) is 0.996. The Labute approximate surface area is 123 Å². The van der Waals surface area contributed by atoms with Crippen LogP contribution in [0.1, 0.15) is 32.1 Å². The van der Waals surface area contributed by atoms with E-state index < -0.39 is 17.7 Å². The molecule has 0 heterocycles. The number of rotatable bonds is 4. The molecule has 1 aliphatic carbocycles. The minimum Gasteiger partial charge on any atom is -0.337 e. The maximum atomic E-state index is 13.4. The molecule has 0 radical (unpaired) electrons. The lowest BCUT2D eigenvalue weighted by Crippen LogP contribution is -2.45. The first-order valence-electron chi connectivity index (χ1n) is 7.25. The highest BCUT2D eigenvalue weighted by molar-refractivity contribution is 5.89. The molecule has 116 valence electrons. The summed E-state index contributed by atoms with van der Waals surface area (Å²) in [4.78, 5) is 11.8. The SMILES string of the molecule is NCC1(CNC(=O)Nc2ccc(F)cc2F)CCCCC1. The van der Waals surface area contributed by atoms with E-state index in [0.29, 0.717) is 13.1 Å². The first-order valence-corrected chi connectivity index (χ1v) is 7.25. The second kappa shape index (κ2) is 6.85. The van der Waals surface area contributed by atoms with E-state index in [0.717, 1.165) is 37.8 Å². The van der Waals surface area contributed by atoms with Crippen molar-refractivity contribution in [2.45, 2.75) is 32.1 Å². The van der Waals surface area contributed by atoms with Gasteiger partial charge in [0.15, 0.2) is 0 Å². The van der Waals surface area contributed by atoms with Crippen LogP contribution in [-0.4, -0.2) is 19.1 Å². The molecule has 4 N–H and O–H groups in total. The minimum atomic E-state index is -0.795. The molecule has 1 fully saturated rings. The van der Waals surface area contributed by atoms with E-state index in [1.165, 1.54) is 12.5 Å². The number of carbonyl (C=O) groups is 1. The minimum absolute atomic E-state index is 0.0423. The zero-order chi connectivity index (χ0) is 15.3. The maximum Gasteiger partial charge on any atom is 0.319 e. The topological polar surface area (TPSA) is 67.1 Å². The summed E-state index contributed by atoms with van der Waals surface area (Å²) < 4.78 is 26.2. The number of urea groups is 1. The smallest absolute Gasteiger partial charge is 0.319 e. The molecule has 0 bridgehead atoms. The number of carbonyl (C=O) groups excluding carboxylic acids is 1. The molecule has 0 unspecified atom stereocenters. The third kappa shape index (κ3) is 4.14. The van der Waals surface area contributed by atoms with Crippen molar-refractivity contribution in [2.75, 3.05) is 18.4 Å². The van der Waals surface area contributed by atoms with Crippen molar-refractivity contribution in [1.29, 1.82) is 0 Å². The van der Waals surface area contributed by atoms with Gasteiger partial charge in [-0.15, -0.1) is 0 Å². The molecule has 6 heteroatoms. The molecule has 2 amide bonds. The maximum absolute atomic E-state index is 13.4. The van der Waals surface area contributed by atoms with Crippen LogP contribution in [0.2, 0.25) is 0 Å². The van der Waals surface area contributed by atoms with Crippen LogP contribution in [0.3, 0.4) is 0 Å². The van der Waals surface area contributed by atoms with Crippen LogP contribution in [0.15, 0.2) is 18.2 Å². The zero-order valence-electron chi connectivity index (χ0n) is 11.9. The summed E-state index contributed by atoms with van der Waals surface area (Å²) in [7, 11) is 0. The molecule has 0 saturated heterocycles. The summed E-state index contributed by atoms with van der Waals surface area (Å²) in [5, 5.41) is 5.13. The van der Waals surface area contributed by atoms with Gasteiger partial charge in [-0.2, -0.15) is 0 Å². The number of nitrogens with two attached hydrogens (primary N) is 1. The predicted molar refractivity (Wildman–Crippen MR) is 78.0 cm³/mol. The van der Waals surface area contributed by atoms with Gasteiger partial charge in [-0.25, -0.2) is 13.6 Å². The number of anilines is 1. The summed E-state index contributed by atoms with van der Waals surface area (Å²) >= 11 is 0. The van der Waals surface area contributed by atoms with Gasteiger partial charge in [-0.05, 0) is 31.5 Å². The molecular formula is C15H21F2N3O. The fraction of sp³-hybridized carbons (Fsp3) is 0.533. The van der Waals surface area contributed by atoms with Crippen molar-refractivity contribution in [1.82, 2.24) is 5.32 Å². The highest BCUT2D eigenvalue weighted by Gasteiger charge is 2.30. The fourth-order valence-electron chi connectivity index (χ4n) is 2.78. The highest BCUT2D eigenvalue weighted by Crippen LogP contribution is 2.34. The van der Waals surface area contributed by atoms with Crippen LogP contribution in [0.5, 0.6) is 0 Å². The predicted octanol–water partition coefficient (Wildman–Crippen LogP) is 3.00. The van der Waals surface area contributed by atoms with Gasteiger partial charge < -0.3 is 16.4 Å². The third-order valence-electron chi connectivity index (χ3n) is 4.15. The molecule has 1 aromatic carbocycles. The number of nitrogens with one attached hydrogen (secondary N) is 2. The normalized spacial score (nSPS) is 17.3. The zero-order valence-corrected chi connectivity index (χ0v) is 11.9. The van der Waals surface area contributed by atoms with Crippen LogP contribution >= 0.6 is 0 Å². The van der Waals surface area contributed by atoms with E-state index in [-0.39, 0.29) is 11.1 Å². The largest absolute Gasteiger partial charge is 0.337 e. The van der Waals surface area contributed by atoms with E-state index in [1.807, 2.05) is 0 Å². The fourth-order valence-corrected chi connectivity index (χ4v) is 2.78. The molecule has 0 aromatic heterocycles. The van der Waals surface area contributed by atoms with E-state index in [9.17, 15) is 13.6 Å². The molecule has 2 rings (SSSR count). The van der Waals surface area contributed by atoms with Gasteiger partial charge in [0.25, 0.3) is 0 Å². The number of hydrogen-bond acceptors (Lipinski definition) is 2. The average molecular weight is 297 g/mol. The Morgan fingerprint density at radius 1 is 1.24 bits per heavy atom. The molecule has 1 aliphatic rings. The van der Waals surface area contributed by atoms with Gasteiger partial charge in [-0.3, -0.25) is 0 Å². The Bertz CT molecular complexity index is 502. The van der Waals surface area contributed by atoms with Crippen molar-refractivity contribution in [3.05, 3.63) is 29.8 Å². The van der Waals surface area contributed by atoms with Gasteiger partial charge in [0.05, 0.1) is 5.69 Å². The van der Waals surface area contributed by atoms with Crippen molar-refractivity contribution in [2.24, 2.45) is 11.1 Å². The van der Waals surface area contributed by atoms with Crippen molar-refractivity contribution in [3.8, 4) is 0 Å². The summed E-state index contributed by atoms with van der Waals surface area (Å²) in [6, 6.07) is 2.53. The van der Waals surface area contributed by atoms with Crippen LogP contribution in [0.4, 0.5) is 19.3 Å². The Morgan fingerprint density at radius 3 is 2.57 bits per heavy atom. The van der Waals surface area contributed by atoms with Gasteiger partial charge >= 0.3 is 6.03 Å². The molecule has 0 atom stereocenters. The lowest BCUT2D eigenvalue weighted by atomic mass is 9.74. The molecule has 0 aliphatic heterocycles. The number of hydrogen-bond donors (Lipinski definition) is 3. The van der Waals surface area contributed by atoms with Gasteiger partial charge in [0.1, 0.15) is 11.6 Å². The van der Waals surface area contributed by atoms with Crippen LogP contribution in [-0.2, 0) is 0 Å². The molecule has 0 spiro atoms. The van der Waals surface area contributed by atoms with Gasteiger partial charge in [0.2, 0.25) is 0 Å². The lowest BCUT2D eigenvalue weighted by molar-refractivity contribution is 0.190. The van der Waals surface area contributed by atoms with Crippen LogP contribution < -0.4 is 16.4 Å². The lowest BCUT2D eigenvalue weighted by Gasteiger charge is -2.36. The Morgan fingerprint density at radius 2 is 1.95 bits per heavy atom. The average Bonchev–Trinajstić information content (AvgIpc) is 2.49. The second-order valence-electron chi connectivity index (χ2n) is 5.70. The number of halogens is 2. The van der Waals surface area contributed by atoms with Crippen molar-refractivity contribution >= 4 is 11.7 Å². The third-order valence-corrected chi connectivity index (χ3v) is 4.15. The van der Waals surface area contributed by atoms with Crippen molar-refractivity contribution in [3.63, 3.8) is 0 Å².